The van der Waals surface area contributed by atoms with E-state index in [1.165, 1.54) is 225 Å². The maximum Gasteiger partial charge on any atom is 0.249 e. The number of amides is 1. The minimum absolute atomic E-state index is 0.376. The normalized spacial score (nSPS) is 13.9. The molecule has 0 bridgehead atoms. The first-order valence-electron chi connectivity index (χ1n) is 25.9. The van der Waals surface area contributed by atoms with E-state index in [4.69, 9.17) is 0 Å². The minimum Gasteiger partial charge on any atom is -0.394 e. The minimum atomic E-state index is -1.25. The number of nitrogens with one attached hydrogen (secondary N) is 1. The second-order valence-corrected chi connectivity index (χ2v) is 18.2. The number of hydrogen-bond acceptors (Lipinski definition) is 5. The summed E-state index contributed by atoms with van der Waals surface area (Å²) >= 11 is 0. The van der Waals surface area contributed by atoms with Gasteiger partial charge in [0, 0.05) is 0 Å². The molecular weight excluding hydrogens is 707 g/mol. The number of hydrogen-bond donors (Lipinski definition) is 5. The summed E-state index contributed by atoms with van der Waals surface area (Å²) < 4.78 is 0. The highest BCUT2D eigenvalue weighted by molar-refractivity contribution is 5.80. The SMILES string of the molecule is CCCCCCCCCCCCCCCCCCCCCCCCCCCCCCCC(O)C(=O)NC(CO)C(O)C(O)CCCCCCCCCCCCCC. The van der Waals surface area contributed by atoms with Crippen LogP contribution in [-0.2, 0) is 4.79 Å². The molecule has 5 N–H and O–H groups in total. The summed E-state index contributed by atoms with van der Waals surface area (Å²) in [6.45, 7) is 4.07. The van der Waals surface area contributed by atoms with Crippen LogP contribution >= 0.6 is 0 Å². The number of carbonyl (C=O) groups is 1. The van der Waals surface area contributed by atoms with Gasteiger partial charge in [-0.15, -0.1) is 0 Å². The quantitative estimate of drug-likeness (QED) is 0.0393. The van der Waals surface area contributed by atoms with Crippen LogP contribution in [0.15, 0.2) is 0 Å². The maximum atomic E-state index is 12.5. The highest BCUT2D eigenvalue weighted by atomic mass is 16.3. The lowest BCUT2D eigenvalue weighted by Crippen LogP contribution is -2.53. The topological polar surface area (TPSA) is 110 Å². The molecule has 0 aromatic rings. The van der Waals surface area contributed by atoms with E-state index in [1.807, 2.05) is 0 Å². The summed E-state index contributed by atoms with van der Waals surface area (Å²) in [6, 6.07) is -0.979. The molecule has 6 heteroatoms. The highest BCUT2D eigenvalue weighted by Crippen LogP contribution is 2.18. The van der Waals surface area contributed by atoms with Crippen molar-refractivity contribution in [1.29, 1.82) is 0 Å². The molecule has 0 aromatic carbocycles. The average molecular weight is 810 g/mol. The Hall–Kier alpha value is -0.690. The van der Waals surface area contributed by atoms with Crippen molar-refractivity contribution in [2.75, 3.05) is 6.61 Å². The van der Waals surface area contributed by atoms with Crippen LogP contribution in [0.1, 0.15) is 290 Å². The van der Waals surface area contributed by atoms with E-state index in [1.54, 1.807) is 0 Å². The van der Waals surface area contributed by atoms with E-state index in [2.05, 4.69) is 19.2 Å². The number of unbranched alkanes of at least 4 members (excludes halogenated alkanes) is 39. The highest BCUT2D eigenvalue weighted by Gasteiger charge is 2.28. The molecule has 4 unspecified atom stereocenters. The zero-order valence-electron chi connectivity index (χ0n) is 38.6. The van der Waals surface area contributed by atoms with Crippen LogP contribution in [0.4, 0.5) is 0 Å². The predicted molar refractivity (Wildman–Crippen MR) is 247 cm³/mol. The van der Waals surface area contributed by atoms with Gasteiger partial charge >= 0.3 is 0 Å². The molecule has 0 saturated heterocycles. The third-order valence-electron chi connectivity index (χ3n) is 12.6. The molecule has 0 rings (SSSR count). The van der Waals surface area contributed by atoms with Gasteiger partial charge in [-0.1, -0.05) is 277 Å². The second kappa shape index (κ2) is 46.4. The average Bonchev–Trinajstić information content (AvgIpc) is 3.22. The van der Waals surface area contributed by atoms with Gasteiger partial charge in [0.2, 0.25) is 5.91 Å². The van der Waals surface area contributed by atoms with Crippen molar-refractivity contribution in [2.45, 2.75) is 314 Å². The van der Waals surface area contributed by atoms with Crippen molar-refractivity contribution in [3.05, 3.63) is 0 Å². The van der Waals surface area contributed by atoms with Gasteiger partial charge in [-0.25, -0.2) is 0 Å². The molecule has 1 amide bonds. The van der Waals surface area contributed by atoms with Gasteiger partial charge in [-0.2, -0.15) is 0 Å². The smallest absolute Gasteiger partial charge is 0.249 e. The fourth-order valence-corrected chi connectivity index (χ4v) is 8.47. The molecule has 6 nitrogen and oxygen atoms in total. The molecule has 0 heterocycles. The molecule has 0 aliphatic rings. The van der Waals surface area contributed by atoms with Crippen LogP contribution in [-0.4, -0.2) is 57.3 Å². The fourth-order valence-electron chi connectivity index (χ4n) is 8.47. The molecule has 0 aromatic heterocycles. The number of carbonyl (C=O) groups excluding carboxylic acids is 1. The zero-order chi connectivity index (χ0) is 41.7. The van der Waals surface area contributed by atoms with Crippen molar-refractivity contribution in [2.24, 2.45) is 0 Å². The summed E-state index contributed by atoms with van der Waals surface area (Å²) in [4.78, 5) is 12.5. The van der Waals surface area contributed by atoms with Gasteiger partial charge in [-0.05, 0) is 12.8 Å². The van der Waals surface area contributed by atoms with Gasteiger partial charge in [-0.3, -0.25) is 4.79 Å². The lowest BCUT2D eigenvalue weighted by atomic mass is 9.99. The Labute approximate surface area is 356 Å². The third kappa shape index (κ3) is 40.5. The van der Waals surface area contributed by atoms with Crippen LogP contribution in [0, 0.1) is 0 Å². The molecule has 0 radical (unpaired) electrons. The first kappa shape index (κ1) is 56.3. The third-order valence-corrected chi connectivity index (χ3v) is 12.6. The Morgan fingerprint density at radius 1 is 0.368 bits per heavy atom. The zero-order valence-corrected chi connectivity index (χ0v) is 38.6. The van der Waals surface area contributed by atoms with Gasteiger partial charge in [0.15, 0.2) is 0 Å². The summed E-state index contributed by atoms with van der Waals surface area (Å²) in [5, 5.41) is 43.8. The van der Waals surface area contributed by atoms with Gasteiger partial charge < -0.3 is 25.7 Å². The largest absolute Gasteiger partial charge is 0.394 e. The standard InChI is InChI=1S/C51H103NO5/c1-3-5-7-9-11-13-15-17-18-19-20-21-22-23-24-25-26-27-28-29-30-31-32-33-35-37-39-41-43-45-49(55)51(57)52-47(46-53)50(56)48(54)44-42-40-38-36-34-16-14-12-10-8-6-4-2/h47-50,53-56H,3-46H2,1-2H3,(H,52,57). The lowest BCUT2D eigenvalue weighted by molar-refractivity contribution is -0.132. The lowest BCUT2D eigenvalue weighted by Gasteiger charge is -2.27. The van der Waals surface area contributed by atoms with Crippen molar-refractivity contribution in [1.82, 2.24) is 5.32 Å². The van der Waals surface area contributed by atoms with E-state index in [9.17, 15) is 25.2 Å². The van der Waals surface area contributed by atoms with E-state index in [0.29, 0.717) is 12.8 Å². The Bertz CT molecular complexity index is 781. The number of aliphatic hydroxyl groups excluding tert-OH is 4. The molecule has 0 spiro atoms. The summed E-state index contributed by atoms with van der Waals surface area (Å²) in [7, 11) is 0. The summed E-state index contributed by atoms with van der Waals surface area (Å²) in [6.07, 6.45) is 51.7. The van der Waals surface area contributed by atoms with Crippen molar-refractivity contribution < 1.29 is 25.2 Å². The van der Waals surface area contributed by atoms with E-state index >= 15 is 0 Å². The number of aliphatic hydroxyl groups is 4. The first-order chi connectivity index (χ1) is 28.0. The summed E-state index contributed by atoms with van der Waals surface area (Å²) in [5.74, 6) is -0.578. The van der Waals surface area contributed by atoms with Crippen molar-refractivity contribution >= 4 is 5.91 Å². The van der Waals surface area contributed by atoms with E-state index in [0.717, 1.165) is 38.5 Å². The Morgan fingerprint density at radius 3 is 0.842 bits per heavy atom. The predicted octanol–water partition coefficient (Wildman–Crippen LogP) is 14.4. The van der Waals surface area contributed by atoms with Gasteiger partial charge in [0.1, 0.15) is 12.2 Å². The molecule has 4 atom stereocenters. The van der Waals surface area contributed by atoms with Crippen LogP contribution < -0.4 is 5.32 Å². The Kier molecular flexibility index (Phi) is 45.8. The van der Waals surface area contributed by atoms with Gasteiger partial charge in [0.25, 0.3) is 0 Å². The Balaban J connectivity index is 3.54. The van der Waals surface area contributed by atoms with Crippen molar-refractivity contribution in [3.8, 4) is 0 Å². The monoisotopic (exact) mass is 810 g/mol. The van der Waals surface area contributed by atoms with E-state index < -0.39 is 36.9 Å². The Morgan fingerprint density at radius 2 is 0.596 bits per heavy atom. The van der Waals surface area contributed by atoms with Crippen molar-refractivity contribution in [3.63, 3.8) is 0 Å². The second-order valence-electron chi connectivity index (χ2n) is 18.2. The molecule has 342 valence electrons. The van der Waals surface area contributed by atoms with Crippen LogP contribution in [0.5, 0.6) is 0 Å². The molecular formula is C51H103NO5. The fraction of sp³-hybridized carbons (Fsp3) is 0.980. The van der Waals surface area contributed by atoms with Crippen LogP contribution in [0.3, 0.4) is 0 Å². The first-order valence-corrected chi connectivity index (χ1v) is 25.9. The maximum absolute atomic E-state index is 12.5. The van der Waals surface area contributed by atoms with Crippen LogP contribution in [0.2, 0.25) is 0 Å². The molecule has 0 fully saturated rings. The van der Waals surface area contributed by atoms with Crippen LogP contribution in [0.25, 0.3) is 0 Å². The summed E-state index contributed by atoms with van der Waals surface area (Å²) in [5.41, 5.74) is 0. The molecule has 0 aliphatic carbocycles. The number of rotatable bonds is 48. The molecule has 0 saturated carbocycles. The van der Waals surface area contributed by atoms with E-state index in [-0.39, 0.29) is 0 Å². The molecule has 57 heavy (non-hydrogen) atoms. The molecule has 0 aliphatic heterocycles. The van der Waals surface area contributed by atoms with Gasteiger partial charge in [0.05, 0.1) is 18.8 Å².